The molecule has 0 bridgehead atoms. The lowest BCUT2D eigenvalue weighted by atomic mass is 10.2. The highest BCUT2D eigenvalue weighted by atomic mass is 32.1. The standard InChI is InChI=1S/C14H24N4O3S/c1-3-12-13(22-16-15-12)14(20)18-7-5-17(6-8-18)9-11(19)10-21-4-2/h11,19H,3-10H2,1-2H3/t11-/m0/s1. The molecule has 1 fully saturated rings. The Bertz CT molecular complexity index is 474. The van der Waals surface area contributed by atoms with Crippen molar-refractivity contribution in [3.8, 4) is 0 Å². The van der Waals surface area contributed by atoms with Crippen LogP contribution in [0.4, 0.5) is 0 Å². The van der Waals surface area contributed by atoms with E-state index in [2.05, 4.69) is 14.5 Å². The molecule has 1 amide bonds. The van der Waals surface area contributed by atoms with Crippen LogP contribution in [0.15, 0.2) is 0 Å². The molecule has 0 saturated carbocycles. The van der Waals surface area contributed by atoms with Crippen molar-refractivity contribution in [2.45, 2.75) is 26.4 Å². The number of nitrogens with zero attached hydrogens (tertiary/aromatic N) is 4. The largest absolute Gasteiger partial charge is 0.389 e. The van der Waals surface area contributed by atoms with Crippen molar-refractivity contribution in [1.82, 2.24) is 19.4 Å². The Morgan fingerprint density at radius 2 is 2.09 bits per heavy atom. The van der Waals surface area contributed by atoms with Crippen LogP contribution in [-0.2, 0) is 11.2 Å². The van der Waals surface area contributed by atoms with Gasteiger partial charge in [-0.3, -0.25) is 9.69 Å². The molecule has 0 aromatic carbocycles. The van der Waals surface area contributed by atoms with Crippen LogP contribution in [0, 0.1) is 0 Å². The molecule has 2 rings (SSSR count). The number of piperazine rings is 1. The summed E-state index contributed by atoms with van der Waals surface area (Å²) in [6.45, 7) is 8.32. The van der Waals surface area contributed by atoms with E-state index in [-0.39, 0.29) is 5.91 Å². The van der Waals surface area contributed by atoms with Crippen molar-refractivity contribution >= 4 is 17.4 Å². The van der Waals surface area contributed by atoms with Gasteiger partial charge >= 0.3 is 0 Å². The summed E-state index contributed by atoms with van der Waals surface area (Å²) in [7, 11) is 0. The van der Waals surface area contributed by atoms with Crippen molar-refractivity contribution in [1.29, 1.82) is 0 Å². The summed E-state index contributed by atoms with van der Waals surface area (Å²) in [5.74, 6) is 0.0290. The Morgan fingerprint density at radius 3 is 2.73 bits per heavy atom. The fourth-order valence-corrected chi connectivity index (χ4v) is 3.20. The fourth-order valence-electron chi connectivity index (χ4n) is 2.48. The third-order valence-electron chi connectivity index (χ3n) is 3.73. The summed E-state index contributed by atoms with van der Waals surface area (Å²) in [6, 6.07) is 0. The van der Waals surface area contributed by atoms with Crippen LogP contribution in [0.3, 0.4) is 0 Å². The number of amides is 1. The Morgan fingerprint density at radius 1 is 1.36 bits per heavy atom. The second-order valence-corrected chi connectivity index (χ2v) is 6.06. The highest BCUT2D eigenvalue weighted by Gasteiger charge is 2.26. The van der Waals surface area contributed by atoms with E-state index in [0.717, 1.165) is 25.2 Å². The first-order valence-corrected chi connectivity index (χ1v) is 8.51. The highest BCUT2D eigenvalue weighted by molar-refractivity contribution is 7.08. The number of β-amino-alcohol motifs (C(OH)–C–C–N with tert-alkyl or cyclic N) is 1. The van der Waals surface area contributed by atoms with E-state index < -0.39 is 6.10 Å². The van der Waals surface area contributed by atoms with Gasteiger partial charge in [-0.25, -0.2) is 0 Å². The number of rotatable bonds is 7. The molecule has 0 aliphatic carbocycles. The number of aryl methyl sites for hydroxylation is 1. The van der Waals surface area contributed by atoms with Crippen LogP contribution in [0.5, 0.6) is 0 Å². The number of carbonyl (C=O) groups is 1. The molecule has 1 aliphatic heterocycles. The SMILES string of the molecule is CCOC[C@@H](O)CN1CCN(C(=O)c2snnc2CC)CC1. The average molecular weight is 328 g/mol. The van der Waals surface area contributed by atoms with Gasteiger partial charge in [-0.05, 0) is 24.9 Å². The van der Waals surface area contributed by atoms with Gasteiger partial charge in [-0.2, -0.15) is 0 Å². The first kappa shape index (κ1) is 17.3. The zero-order chi connectivity index (χ0) is 15.9. The normalized spacial score (nSPS) is 17.7. The topological polar surface area (TPSA) is 78.8 Å². The molecule has 22 heavy (non-hydrogen) atoms. The van der Waals surface area contributed by atoms with Crippen LogP contribution < -0.4 is 0 Å². The van der Waals surface area contributed by atoms with Gasteiger partial charge in [0.2, 0.25) is 0 Å². The maximum absolute atomic E-state index is 12.5. The molecule has 1 N–H and O–H groups in total. The van der Waals surface area contributed by atoms with Gasteiger partial charge in [0, 0.05) is 39.3 Å². The lowest BCUT2D eigenvalue weighted by molar-refractivity contribution is 0.0112. The second kappa shape index (κ2) is 8.52. The van der Waals surface area contributed by atoms with E-state index in [1.165, 1.54) is 11.5 Å². The number of aromatic nitrogens is 2. The van der Waals surface area contributed by atoms with Crippen molar-refractivity contribution in [2.24, 2.45) is 0 Å². The van der Waals surface area contributed by atoms with Gasteiger partial charge < -0.3 is 14.7 Å². The molecule has 0 radical (unpaired) electrons. The molecule has 1 aromatic heterocycles. The maximum Gasteiger partial charge on any atom is 0.267 e. The van der Waals surface area contributed by atoms with Gasteiger partial charge in [0.25, 0.3) is 5.91 Å². The van der Waals surface area contributed by atoms with Crippen LogP contribution >= 0.6 is 11.5 Å². The molecule has 1 atom stereocenters. The zero-order valence-corrected chi connectivity index (χ0v) is 14.0. The Labute approximate surface area is 135 Å². The minimum Gasteiger partial charge on any atom is -0.389 e. The smallest absolute Gasteiger partial charge is 0.267 e. The Hall–Kier alpha value is -1.09. The molecular weight excluding hydrogens is 304 g/mol. The summed E-state index contributed by atoms with van der Waals surface area (Å²) in [5.41, 5.74) is 0.782. The van der Waals surface area contributed by atoms with Gasteiger partial charge in [-0.15, -0.1) is 5.10 Å². The molecule has 1 aromatic rings. The predicted octanol–water partition coefficient (Wildman–Crippen LogP) is 0.256. The van der Waals surface area contributed by atoms with E-state index in [1.54, 1.807) is 0 Å². The number of carbonyl (C=O) groups excluding carboxylic acids is 1. The lowest BCUT2D eigenvalue weighted by Crippen LogP contribution is -2.50. The lowest BCUT2D eigenvalue weighted by Gasteiger charge is -2.35. The Kier molecular flexibility index (Phi) is 6.69. The summed E-state index contributed by atoms with van der Waals surface area (Å²) in [6.07, 6.45) is 0.251. The molecule has 2 heterocycles. The molecule has 0 unspecified atom stereocenters. The molecule has 1 saturated heterocycles. The van der Waals surface area contributed by atoms with Crippen molar-refractivity contribution in [3.05, 3.63) is 10.6 Å². The van der Waals surface area contributed by atoms with E-state index in [0.29, 0.717) is 37.7 Å². The first-order valence-electron chi connectivity index (χ1n) is 7.74. The van der Waals surface area contributed by atoms with Gasteiger partial charge in [0.1, 0.15) is 4.88 Å². The summed E-state index contributed by atoms with van der Waals surface area (Å²) in [5, 5.41) is 13.9. The van der Waals surface area contributed by atoms with Crippen LogP contribution in [0.25, 0.3) is 0 Å². The number of hydrogen-bond donors (Lipinski definition) is 1. The molecule has 8 heteroatoms. The molecule has 124 valence electrons. The summed E-state index contributed by atoms with van der Waals surface area (Å²) < 4.78 is 9.10. The maximum atomic E-state index is 12.5. The van der Waals surface area contributed by atoms with Crippen LogP contribution in [0.1, 0.15) is 29.2 Å². The third-order valence-corrected chi connectivity index (χ3v) is 4.48. The zero-order valence-electron chi connectivity index (χ0n) is 13.2. The van der Waals surface area contributed by atoms with Crippen LogP contribution in [-0.4, -0.2) is 82.4 Å². The number of hydrogen-bond acceptors (Lipinski definition) is 7. The van der Waals surface area contributed by atoms with Crippen molar-refractivity contribution < 1.29 is 14.6 Å². The minimum atomic E-state index is -0.473. The summed E-state index contributed by atoms with van der Waals surface area (Å²) >= 11 is 1.17. The van der Waals surface area contributed by atoms with Gasteiger partial charge in [-0.1, -0.05) is 11.4 Å². The van der Waals surface area contributed by atoms with Crippen molar-refractivity contribution in [2.75, 3.05) is 45.9 Å². The monoisotopic (exact) mass is 328 g/mol. The second-order valence-electron chi connectivity index (χ2n) is 5.31. The van der Waals surface area contributed by atoms with Gasteiger partial charge in [0.05, 0.1) is 18.4 Å². The summed E-state index contributed by atoms with van der Waals surface area (Å²) in [4.78, 5) is 17.2. The molecular formula is C14H24N4O3S. The van der Waals surface area contributed by atoms with Gasteiger partial charge in [0.15, 0.2) is 0 Å². The predicted molar refractivity (Wildman–Crippen MR) is 84.1 cm³/mol. The van der Waals surface area contributed by atoms with E-state index >= 15 is 0 Å². The fraction of sp³-hybridized carbons (Fsp3) is 0.786. The third kappa shape index (κ3) is 4.45. The number of aliphatic hydroxyl groups is 1. The highest BCUT2D eigenvalue weighted by Crippen LogP contribution is 2.16. The van der Waals surface area contributed by atoms with Crippen molar-refractivity contribution in [3.63, 3.8) is 0 Å². The Balaban J connectivity index is 1.80. The molecule has 0 spiro atoms. The minimum absolute atomic E-state index is 0.0290. The molecule has 1 aliphatic rings. The quantitative estimate of drug-likeness (QED) is 0.773. The molecule has 7 nitrogen and oxygen atoms in total. The van der Waals surface area contributed by atoms with E-state index in [4.69, 9.17) is 4.74 Å². The number of aliphatic hydroxyl groups excluding tert-OH is 1. The van der Waals surface area contributed by atoms with E-state index in [9.17, 15) is 9.90 Å². The first-order chi connectivity index (χ1) is 10.7. The number of ether oxygens (including phenoxy) is 1. The average Bonchev–Trinajstić information content (AvgIpc) is 3.01. The van der Waals surface area contributed by atoms with Crippen LogP contribution in [0.2, 0.25) is 0 Å². The van der Waals surface area contributed by atoms with E-state index in [1.807, 2.05) is 18.7 Å².